The lowest BCUT2D eigenvalue weighted by Crippen LogP contribution is -2.40. The maximum atomic E-state index is 11.8. The van der Waals surface area contributed by atoms with Crippen LogP contribution in [0.15, 0.2) is 24.3 Å². The van der Waals surface area contributed by atoms with Crippen LogP contribution in [0.5, 0.6) is 0 Å². The van der Waals surface area contributed by atoms with Gasteiger partial charge >= 0.3 is 5.97 Å². The van der Waals surface area contributed by atoms with Gasteiger partial charge in [-0.05, 0) is 48.5 Å². The second kappa shape index (κ2) is 8.79. The summed E-state index contributed by atoms with van der Waals surface area (Å²) in [5.41, 5.74) is 8.14. The number of hydrogen-bond acceptors (Lipinski definition) is 4. The van der Waals surface area contributed by atoms with Gasteiger partial charge in [0.05, 0.1) is 6.61 Å². The molecule has 24 heavy (non-hydrogen) atoms. The van der Waals surface area contributed by atoms with E-state index in [1.807, 2.05) is 25.2 Å². The van der Waals surface area contributed by atoms with Crippen molar-refractivity contribution in [1.29, 1.82) is 0 Å². The molecule has 0 saturated heterocycles. The van der Waals surface area contributed by atoms with Gasteiger partial charge in [0.25, 0.3) is 0 Å². The molecule has 0 heterocycles. The van der Waals surface area contributed by atoms with E-state index in [0.717, 1.165) is 24.8 Å². The predicted molar refractivity (Wildman–Crippen MR) is 101 cm³/mol. The number of hydrogen-bond donors (Lipinski definition) is 2. The lowest BCUT2D eigenvalue weighted by atomic mass is 9.99. The molecule has 0 fully saturated rings. The van der Waals surface area contributed by atoms with Crippen molar-refractivity contribution in [2.45, 2.75) is 70.6 Å². The molecular weight excluding hydrogens is 318 g/mol. The van der Waals surface area contributed by atoms with Gasteiger partial charge in [-0.25, -0.2) is 0 Å². The Kier molecular flexibility index (Phi) is 7.64. The molecule has 4 nitrogen and oxygen atoms in total. The van der Waals surface area contributed by atoms with Crippen molar-refractivity contribution >= 4 is 14.3 Å². The van der Waals surface area contributed by atoms with Crippen molar-refractivity contribution in [3.63, 3.8) is 0 Å². The summed E-state index contributed by atoms with van der Waals surface area (Å²) in [6, 6.07) is 7.53. The Morgan fingerprint density at radius 1 is 1.25 bits per heavy atom. The predicted octanol–water partition coefficient (Wildman–Crippen LogP) is 3.42. The fraction of sp³-hybridized carbons (Fsp3) is 0.632. The van der Waals surface area contributed by atoms with E-state index >= 15 is 0 Å². The van der Waals surface area contributed by atoms with E-state index in [4.69, 9.17) is 10.5 Å². The van der Waals surface area contributed by atoms with Crippen LogP contribution in [0.2, 0.25) is 18.1 Å². The largest absolute Gasteiger partial charge is 0.465 e. The molecule has 0 aliphatic carbocycles. The van der Waals surface area contributed by atoms with E-state index in [1.54, 1.807) is 0 Å². The van der Waals surface area contributed by atoms with Crippen molar-refractivity contribution < 1.29 is 14.3 Å². The lowest BCUT2D eigenvalue weighted by Gasteiger charge is -2.35. The second-order valence-corrected chi connectivity index (χ2v) is 12.2. The van der Waals surface area contributed by atoms with Crippen LogP contribution in [0.1, 0.15) is 44.7 Å². The van der Waals surface area contributed by atoms with E-state index in [-0.39, 0.29) is 11.0 Å². The van der Waals surface area contributed by atoms with E-state index in [1.165, 1.54) is 5.56 Å². The number of nitrogens with two attached hydrogens (primary N) is 1. The fourth-order valence-electron chi connectivity index (χ4n) is 2.28. The van der Waals surface area contributed by atoms with Crippen LogP contribution in [0, 0.1) is 0 Å². The highest BCUT2D eigenvalue weighted by atomic mass is 28.4. The molecule has 1 aromatic carbocycles. The van der Waals surface area contributed by atoms with Crippen molar-refractivity contribution in [3.8, 4) is 0 Å². The second-order valence-electron chi connectivity index (χ2n) is 7.77. The highest BCUT2D eigenvalue weighted by Gasteiger charge is 2.37. The summed E-state index contributed by atoms with van der Waals surface area (Å²) in [4.78, 5) is 22.2. The maximum Gasteiger partial charge on any atom is 0.323 e. The molecule has 1 unspecified atom stereocenters. The lowest BCUT2D eigenvalue weighted by molar-refractivity contribution is -0.145. The molecule has 1 atom stereocenters. The highest BCUT2D eigenvalue weighted by molar-refractivity contribution is 6.72. The van der Waals surface area contributed by atoms with E-state index in [0.29, 0.717) is 13.0 Å². The van der Waals surface area contributed by atoms with Gasteiger partial charge in [0.1, 0.15) is 6.04 Å². The average Bonchev–Trinajstić information content (AvgIpc) is 2.48. The molecule has 0 saturated carbocycles. The summed E-state index contributed by atoms with van der Waals surface area (Å²) >= 11 is 0. The summed E-state index contributed by atoms with van der Waals surface area (Å²) < 4.78 is 5.16. The van der Waals surface area contributed by atoms with Crippen LogP contribution in [0.3, 0.4) is 0 Å². The van der Waals surface area contributed by atoms with Gasteiger partial charge in [-0.3, -0.25) is 4.79 Å². The minimum atomic E-state index is -2.22. The number of unbranched alkanes of at least 4 members (excludes halogenated alkanes) is 1. The number of ether oxygens (including phenoxy) is 1. The molecule has 1 aromatic rings. The molecule has 136 valence electrons. The van der Waals surface area contributed by atoms with Gasteiger partial charge in [-0.1, -0.05) is 51.5 Å². The first-order chi connectivity index (χ1) is 11.1. The fourth-order valence-corrected chi connectivity index (χ4v) is 2.92. The minimum Gasteiger partial charge on any atom is -0.465 e. The van der Waals surface area contributed by atoms with Crippen LogP contribution in [0.4, 0.5) is 0 Å². The third-order valence-corrected chi connectivity index (χ3v) is 8.32. The molecule has 0 bridgehead atoms. The smallest absolute Gasteiger partial charge is 0.323 e. The summed E-state index contributed by atoms with van der Waals surface area (Å²) in [5, 5.41) is -0.0893. The Balaban J connectivity index is 2.60. The maximum absolute atomic E-state index is 11.8. The van der Waals surface area contributed by atoms with E-state index in [2.05, 4.69) is 32.9 Å². The molecule has 0 radical (unpaired) electrons. The number of carbonyl (C=O) groups excluding carboxylic acids is 1. The molecule has 1 rings (SSSR count). The number of esters is 1. The molecule has 3 N–H and O–H groups in total. The first-order valence-electron chi connectivity index (χ1n) is 8.79. The third kappa shape index (κ3) is 6.38. The Morgan fingerprint density at radius 3 is 2.29 bits per heavy atom. The summed E-state index contributed by atoms with van der Waals surface area (Å²) in [5.74, 6) is -0.332. The number of rotatable bonds is 9. The monoisotopic (exact) mass is 351 g/mol. The van der Waals surface area contributed by atoms with Crippen LogP contribution in [-0.4, -0.2) is 31.7 Å². The minimum absolute atomic E-state index is 0.0893. The van der Waals surface area contributed by atoms with E-state index in [9.17, 15) is 9.59 Å². The van der Waals surface area contributed by atoms with E-state index < -0.39 is 14.4 Å². The molecule has 5 heteroatoms. The zero-order valence-electron chi connectivity index (χ0n) is 15.8. The summed E-state index contributed by atoms with van der Waals surface area (Å²) in [6.07, 6.45) is 3.18. The molecule has 0 amide bonds. The van der Waals surface area contributed by atoms with Crippen LogP contribution < -0.4 is 5.73 Å². The number of benzene rings is 1. The SMILES string of the molecule is CCCCOC(=O)C(N)Cc1ccc(CC(C)(C)[Si](C)(C)O)cc1. The highest BCUT2D eigenvalue weighted by Crippen LogP contribution is 2.38. The van der Waals surface area contributed by atoms with Crippen molar-refractivity contribution in [2.75, 3.05) is 6.61 Å². The third-order valence-electron chi connectivity index (χ3n) is 4.83. The van der Waals surface area contributed by atoms with Crippen molar-refractivity contribution in [2.24, 2.45) is 5.73 Å². The first kappa shape index (κ1) is 20.9. The first-order valence-corrected chi connectivity index (χ1v) is 11.7. The molecule has 0 aliphatic heterocycles. The van der Waals surface area contributed by atoms with Crippen molar-refractivity contribution in [1.82, 2.24) is 0 Å². The Morgan fingerprint density at radius 2 is 1.79 bits per heavy atom. The Hall–Kier alpha value is -1.17. The quantitative estimate of drug-likeness (QED) is 0.406. The van der Waals surface area contributed by atoms with Gasteiger partial charge in [-0.15, -0.1) is 0 Å². The van der Waals surface area contributed by atoms with Crippen molar-refractivity contribution in [3.05, 3.63) is 35.4 Å². The molecule has 0 aliphatic rings. The van der Waals surface area contributed by atoms with Crippen LogP contribution in [-0.2, 0) is 22.4 Å². The van der Waals surface area contributed by atoms with Gasteiger partial charge in [0.2, 0.25) is 0 Å². The van der Waals surface area contributed by atoms with Crippen LogP contribution >= 0.6 is 0 Å². The topological polar surface area (TPSA) is 72.5 Å². The Labute approximate surface area is 147 Å². The standard InChI is InChI=1S/C19H33NO3Si/c1-6-7-12-23-18(21)17(20)13-15-8-10-16(11-9-15)14-19(2,3)24(4,5)22/h8-11,17,22H,6-7,12-14,20H2,1-5H3. The normalized spacial score (nSPS) is 13.6. The molecule has 0 aromatic heterocycles. The van der Waals surface area contributed by atoms with Gasteiger partial charge in [0.15, 0.2) is 8.32 Å². The zero-order valence-corrected chi connectivity index (χ0v) is 16.8. The summed E-state index contributed by atoms with van der Waals surface area (Å²) in [7, 11) is -2.22. The number of carbonyl (C=O) groups is 1. The van der Waals surface area contributed by atoms with Crippen LogP contribution in [0.25, 0.3) is 0 Å². The molecule has 0 spiro atoms. The zero-order chi connectivity index (χ0) is 18.4. The van der Waals surface area contributed by atoms with Gasteiger partial charge in [0, 0.05) is 0 Å². The Bertz CT molecular complexity index is 520. The van der Waals surface area contributed by atoms with Gasteiger partial charge < -0.3 is 15.3 Å². The van der Waals surface area contributed by atoms with Gasteiger partial charge in [-0.2, -0.15) is 0 Å². The average molecular weight is 352 g/mol. The molecular formula is C19H33NO3Si. The summed E-state index contributed by atoms with van der Waals surface area (Å²) in [6.45, 7) is 10.7.